The molecular formula is C26H30N2O4S. The van der Waals surface area contributed by atoms with Crippen LogP contribution < -0.4 is 5.32 Å². The number of thioether (sulfide) groups is 1. The highest BCUT2D eigenvalue weighted by Crippen LogP contribution is 2.41. The molecule has 7 heteroatoms. The first-order valence-corrected chi connectivity index (χ1v) is 11.6. The molecule has 1 fully saturated rings. The number of phenolic OH excluding ortho intramolecular Hbond substituents is 1. The standard InChI is InChI=1S/C26H30N2O4S/c1-25(2,3)18-12-16(13-19(22(18)30)26(4,5)6)14-20-23(31)28(24(32)33-20)15-21(29)27-17-10-8-7-9-11-17/h7-14,30H,15H2,1-6H3,(H,27,29)/b20-14-. The summed E-state index contributed by atoms with van der Waals surface area (Å²) >= 11 is 0.812. The van der Waals surface area contributed by atoms with E-state index in [4.69, 9.17) is 0 Å². The van der Waals surface area contributed by atoms with Gasteiger partial charge in [0.15, 0.2) is 0 Å². The second kappa shape index (κ2) is 9.06. The highest BCUT2D eigenvalue weighted by Gasteiger charge is 2.36. The minimum Gasteiger partial charge on any atom is -0.507 e. The Kier molecular flexibility index (Phi) is 6.75. The van der Waals surface area contributed by atoms with E-state index in [1.807, 2.05) is 59.7 Å². The lowest BCUT2D eigenvalue weighted by Gasteiger charge is -2.28. The molecule has 0 bridgehead atoms. The number of imide groups is 1. The van der Waals surface area contributed by atoms with Crippen molar-refractivity contribution in [1.29, 1.82) is 0 Å². The Balaban J connectivity index is 1.89. The summed E-state index contributed by atoms with van der Waals surface area (Å²) in [6, 6.07) is 12.6. The third-order valence-corrected chi connectivity index (χ3v) is 6.19. The van der Waals surface area contributed by atoms with Crippen LogP contribution in [0.15, 0.2) is 47.4 Å². The third-order valence-electron chi connectivity index (χ3n) is 5.28. The van der Waals surface area contributed by atoms with Crippen molar-refractivity contribution in [3.05, 3.63) is 64.1 Å². The van der Waals surface area contributed by atoms with Gasteiger partial charge in [-0.1, -0.05) is 59.7 Å². The molecule has 3 rings (SSSR count). The largest absolute Gasteiger partial charge is 0.507 e. The molecule has 2 N–H and O–H groups in total. The number of hydrogen-bond acceptors (Lipinski definition) is 5. The van der Waals surface area contributed by atoms with Gasteiger partial charge in [-0.2, -0.15) is 0 Å². The summed E-state index contributed by atoms with van der Waals surface area (Å²) < 4.78 is 0. The van der Waals surface area contributed by atoms with E-state index in [0.717, 1.165) is 33.4 Å². The van der Waals surface area contributed by atoms with Crippen molar-refractivity contribution in [3.63, 3.8) is 0 Å². The number of nitrogens with zero attached hydrogens (tertiary/aromatic N) is 1. The second-order valence-corrected chi connectivity index (χ2v) is 11.1. The first-order chi connectivity index (χ1) is 15.3. The quantitative estimate of drug-likeness (QED) is 0.568. The van der Waals surface area contributed by atoms with Gasteiger partial charge >= 0.3 is 0 Å². The third kappa shape index (κ3) is 5.66. The van der Waals surface area contributed by atoms with Gasteiger partial charge in [-0.3, -0.25) is 19.3 Å². The van der Waals surface area contributed by atoms with E-state index in [0.29, 0.717) is 5.69 Å². The number of anilines is 1. The first-order valence-electron chi connectivity index (χ1n) is 10.8. The number of nitrogens with one attached hydrogen (secondary N) is 1. The van der Waals surface area contributed by atoms with Gasteiger partial charge < -0.3 is 10.4 Å². The molecule has 1 aliphatic rings. The number of para-hydroxylation sites is 1. The predicted molar refractivity (Wildman–Crippen MR) is 133 cm³/mol. The number of benzene rings is 2. The molecule has 0 saturated carbocycles. The van der Waals surface area contributed by atoms with Crippen molar-refractivity contribution < 1.29 is 19.5 Å². The van der Waals surface area contributed by atoms with Crippen LogP contribution in [0.4, 0.5) is 10.5 Å². The summed E-state index contributed by atoms with van der Waals surface area (Å²) in [6.07, 6.45) is 1.66. The Hall–Kier alpha value is -3.06. The minimum atomic E-state index is -0.504. The van der Waals surface area contributed by atoms with Crippen molar-refractivity contribution in [2.45, 2.75) is 52.4 Å². The molecule has 0 aromatic heterocycles. The van der Waals surface area contributed by atoms with Gasteiger partial charge in [0.2, 0.25) is 5.91 Å². The summed E-state index contributed by atoms with van der Waals surface area (Å²) in [7, 11) is 0. The van der Waals surface area contributed by atoms with Crippen LogP contribution in [-0.2, 0) is 20.4 Å². The number of hydrogen-bond donors (Lipinski definition) is 2. The second-order valence-electron chi connectivity index (χ2n) is 10.1. The fourth-order valence-corrected chi connectivity index (χ4v) is 4.38. The lowest BCUT2D eigenvalue weighted by Crippen LogP contribution is -2.36. The van der Waals surface area contributed by atoms with Crippen LogP contribution in [0.3, 0.4) is 0 Å². The summed E-state index contributed by atoms with van der Waals surface area (Å²) in [6.45, 7) is 11.7. The van der Waals surface area contributed by atoms with Crippen LogP contribution >= 0.6 is 11.8 Å². The van der Waals surface area contributed by atoms with Crippen LogP contribution in [0.2, 0.25) is 0 Å². The van der Waals surface area contributed by atoms with Crippen molar-refractivity contribution in [1.82, 2.24) is 4.90 Å². The zero-order chi connectivity index (χ0) is 24.6. The Morgan fingerprint density at radius 3 is 2.06 bits per heavy atom. The summed E-state index contributed by atoms with van der Waals surface area (Å²) in [5, 5.41) is 13.1. The van der Waals surface area contributed by atoms with Gasteiger partial charge in [0.25, 0.3) is 11.1 Å². The maximum Gasteiger partial charge on any atom is 0.294 e. The van der Waals surface area contributed by atoms with Crippen molar-refractivity contribution in [2.24, 2.45) is 0 Å². The molecule has 6 nitrogen and oxygen atoms in total. The van der Waals surface area contributed by atoms with Crippen molar-refractivity contribution in [2.75, 3.05) is 11.9 Å². The molecule has 2 aromatic rings. The molecule has 0 aliphatic carbocycles. The normalized spacial score (nSPS) is 15.9. The predicted octanol–water partition coefficient (Wildman–Crippen LogP) is 5.66. The Morgan fingerprint density at radius 2 is 1.55 bits per heavy atom. The van der Waals surface area contributed by atoms with E-state index in [2.05, 4.69) is 5.32 Å². The fourth-order valence-electron chi connectivity index (χ4n) is 3.54. The molecule has 0 unspecified atom stereocenters. The zero-order valence-corrected chi connectivity index (χ0v) is 20.7. The number of aromatic hydroxyl groups is 1. The topological polar surface area (TPSA) is 86.7 Å². The van der Waals surface area contributed by atoms with Crippen LogP contribution in [0.5, 0.6) is 5.75 Å². The Labute approximate surface area is 199 Å². The van der Waals surface area contributed by atoms with E-state index in [-0.39, 0.29) is 28.0 Å². The van der Waals surface area contributed by atoms with E-state index in [1.165, 1.54) is 0 Å². The fraction of sp³-hybridized carbons (Fsp3) is 0.346. The minimum absolute atomic E-state index is 0.248. The SMILES string of the molecule is CC(C)(C)c1cc(/C=C2\SC(=O)N(CC(=O)Nc3ccccc3)C2=O)cc(C(C)(C)C)c1O. The number of carbonyl (C=O) groups excluding carboxylic acids is 3. The van der Waals surface area contributed by atoms with Crippen LogP contribution in [-0.4, -0.2) is 33.6 Å². The molecule has 3 amide bonds. The van der Waals surface area contributed by atoms with Gasteiger partial charge in [-0.15, -0.1) is 0 Å². The Bertz CT molecular complexity index is 1090. The van der Waals surface area contributed by atoms with Gasteiger partial charge in [0.1, 0.15) is 12.3 Å². The van der Waals surface area contributed by atoms with Crippen LogP contribution in [0.25, 0.3) is 6.08 Å². The van der Waals surface area contributed by atoms with Gasteiger partial charge in [0.05, 0.1) is 4.91 Å². The first kappa shape index (κ1) is 24.6. The monoisotopic (exact) mass is 466 g/mol. The number of phenols is 1. The number of rotatable bonds is 4. The molecule has 0 radical (unpaired) electrons. The van der Waals surface area contributed by atoms with E-state index in [1.54, 1.807) is 30.3 Å². The molecule has 0 spiro atoms. The van der Waals surface area contributed by atoms with Crippen LogP contribution in [0, 0.1) is 0 Å². The molecule has 2 aromatic carbocycles. The summed E-state index contributed by atoms with van der Waals surface area (Å²) in [5.41, 5.74) is 2.22. The molecule has 0 atom stereocenters. The Morgan fingerprint density at radius 1 is 1.00 bits per heavy atom. The molecular weight excluding hydrogens is 436 g/mol. The molecule has 1 aliphatic heterocycles. The molecule has 33 heavy (non-hydrogen) atoms. The van der Waals surface area contributed by atoms with Crippen LogP contribution in [0.1, 0.15) is 58.2 Å². The lowest BCUT2D eigenvalue weighted by molar-refractivity contribution is -0.127. The highest BCUT2D eigenvalue weighted by atomic mass is 32.2. The molecule has 174 valence electrons. The average Bonchev–Trinajstić information content (AvgIpc) is 2.95. The average molecular weight is 467 g/mol. The van der Waals surface area contributed by atoms with E-state index >= 15 is 0 Å². The smallest absolute Gasteiger partial charge is 0.294 e. The summed E-state index contributed by atoms with van der Waals surface area (Å²) in [4.78, 5) is 39.0. The van der Waals surface area contributed by atoms with Crippen molar-refractivity contribution in [3.8, 4) is 5.75 Å². The number of carbonyl (C=O) groups is 3. The molecule has 1 saturated heterocycles. The van der Waals surface area contributed by atoms with Crippen molar-refractivity contribution >= 4 is 40.6 Å². The maximum atomic E-state index is 12.9. The summed E-state index contributed by atoms with van der Waals surface area (Å²) in [5.74, 6) is -0.701. The van der Waals surface area contributed by atoms with E-state index < -0.39 is 17.1 Å². The van der Waals surface area contributed by atoms with Gasteiger partial charge in [-0.05, 0) is 58.5 Å². The zero-order valence-electron chi connectivity index (χ0n) is 19.9. The lowest BCUT2D eigenvalue weighted by atomic mass is 9.78. The molecule has 1 heterocycles. The highest BCUT2D eigenvalue weighted by molar-refractivity contribution is 8.18. The maximum absolute atomic E-state index is 12.9. The van der Waals surface area contributed by atoms with Gasteiger partial charge in [-0.25, -0.2) is 0 Å². The van der Waals surface area contributed by atoms with Gasteiger partial charge in [0, 0.05) is 16.8 Å². The number of amides is 3. The van der Waals surface area contributed by atoms with E-state index in [9.17, 15) is 19.5 Å².